The highest BCUT2D eigenvalue weighted by Crippen LogP contribution is 2.30. The van der Waals surface area contributed by atoms with Gasteiger partial charge in [-0.25, -0.2) is 0 Å². The van der Waals surface area contributed by atoms with Gasteiger partial charge in [0.1, 0.15) is 5.75 Å². The van der Waals surface area contributed by atoms with E-state index in [9.17, 15) is 22.8 Å². The molecule has 0 unspecified atom stereocenters. The van der Waals surface area contributed by atoms with Gasteiger partial charge in [-0.05, 0) is 38.5 Å². The average molecular weight is 334 g/mol. The zero-order valence-electron chi connectivity index (χ0n) is 12.9. The molecule has 0 aliphatic rings. The first-order chi connectivity index (χ1) is 10.6. The number of benzene rings is 1. The number of rotatable bonds is 6. The lowest BCUT2D eigenvalue weighted by atomic mass is 9.82. The molecule has 0 aliphatic heterocycles. The number of ether oxygens (including phenoxy) is 3. The Bertz CT molecular complexity index is 533. The van der Waals surface area contributed by atoms with Gasteiger partial charge < -0.3 is 14.2 Å². The molecule has 1 aromatic carbocycles. The van der Waals surface area contributed by atoms with E-state index >= 15 is 0 Å². The summed E-state index contributed by atoms with van der Waals surface area (Å²) in [7, 11) is 0. The number of carbonyl (C=O) groups excluding carboxylic acids is 2. The Kier molecular flexibility index (Phi) is 6.00. The first kappa shape index (κ1) is 18.8. The van der Waals surface area contributed by atoms with Crippen molar-refractivity contribution in [2.45, 2.75) is 32.5 Å². The van der Waals surface area contributed by atoms with Crippen molar-refractivity contribution in [1.29, 1.82) is 0 Å². The van der Waals surface area contributed by atoms with Crippen molar-refractivity contribution in [2.75, 3.05) is 13.2 Å². The van der Waals surface area contributed by atoms with Crippen LogP contribution in [0.25, 0.3) is 0 Å². The summed E-state index contributed by atoms with van der Waals surface area (Å²) >= 11 is 0. The van der Waals surface area contributed by atoms with E-state index in [-0.39, 0.29) is 18.8 Å². The minimum Gasteiger partial charge on any atom is -0.465 e. The maximum absolute atomic E-state index is 12.2. The Balaban J connectivity index is 3.17. The number of hydrogen-bond acceptors (Lipinski definition) is 5. The fourth-order valence-electron chi connectivity index (χ4n) is 1.86. The molecule has 0 amide bonds. The molecule has 0 heterocycles. The van der Waals surface area contributed by atoms with Crippen molar-refractivity contribution >= 4 is 11.9 Å². The minimum atomic E-state index is -4.83. The largest absolute Gasteiger partial charge is 0.573 e. The maximum Gasteiger partial charge on any atom is 0.573 e. The van der Waals surface area contributed by atoms with Gasteiger partial charge in [0.25, 0.3) is 0 Å². The lowest BCUT2D eigenvalue weighted by Crippen LogP contribution is -2.43. The van der Waals surface area contributed by atoms with Crippen LogP contribution in [-0.4, -0.2) is 31.5 Å². The molecule has 8 heteroatoms. The second-order valence-electron chi connectivity index (χ2n) is 4.64. The number of alkyl halides is 3. The first-order valence-corrected chi connectivity index (χ1v) is 6.85. The second-order valence-corrected chi connectivity index (χ2v) is 4.64. The summed E-state index contributed by atoms with van der Waals surface area (Å²) in [6.45, 7) is 4.53. The summed E-state index contributed by atoms with van der Waals surface area (Å²) in [5.41, 5.74) is -1.63. The van der Waals surface area contributed by atoms with Crippen LogP contribution in [0, 0.1) is 0 Å². The molecule has 0 fully saturated rings. The van der Waals surface area contributed by atoms with Crippen molar-refractivity contribution in [3.05, 3.63) is 29.8 Å². The molecule has 0 atom stereocenters. The fraction of sp³-hybridized carbons (Fsp3) is 0.467. The highest BCUT2D eigenvalue weighted by Gasteiger charge is 2.46. The lowest BCUT2D eigenvalue weighted by molar-refractivity contribution is -0.274. The maximum atomic E-state index is 12.2. The molecule has 0 radical (unpaired) electrons. The zero-order valence-corrected chi connectivity index (χ0v) is 12.9. The van der Waals surface area contributed by atoms with Gasteiger partial charge >= 0.3 is 18.3 Å². The predicted octanol–water partition coefficient (Wildman–Crippen LogP) is 2.97. The van der Waals surface area contributed by atoms with Crippen LogP contribution in [-0.2, 0) is 24.5 Å². The molecule has 1 rings (SSSR count). The molecule has 0 spiro atoms. The Labute approximate surface area is 131 Å². The van der Waals surface area contributed by atoms with E-state index < -0.39 is 29.5 Å². The van der Waals surface area contributed by atoms with Crippen molar-refractivity contribution in [1.82, 2.24) is 0 Å². The van der Waals surface area contributed by atoms with Crippen LogP contribution in [0.1, 0.15) is 26.3 Å². The molecule has 1 aromatic rings. The van der Waals surface area contributed by atoms with Crippen molar-refractivity contribution in [3.8, 4) is 5.75 Å². The van der Waals surface area contributed by atoms with E-state index in [0.717, 1.165) is 12.1 Å². The molecule has 0 aromatic heterocycles. The summed E-state index contributed by atoms with van der Waals surface area (Å²) in [5.74, 6) is -2.15. The molecule has 0 aliphatic carbocycles. The number of hydrogen-bond donors (Lipinski definition) is 0. The molecule has 0 saturated heterocycles. The quantitative estimate of drug-likeness (QED) is 0.591. The molecule has 128 valence electrons. The van der Waals surface area contributed by atoms with Gasteiger partial charge in [0.05, 0.1) is 13.2 Å². The molecular weight excluding hydrogens is 317 g/mol. The van der Waals surface area contributed by atoms with Gasteiger partial charge in [-0.15, -0.1) is 13.2 Å². The fourth-order valence-corrected chi connectivity index (χ4v) is 1.86. The highest BCUT2D eigenvalue weighted by molar-refractivity contribution is 6.05. The van der Waals surface area contributed by atoms with Crippen molar-refractivity contribution in [3.63, 3.8) is 0 Å². The summed E-state index contributed by atoms with van der Waals surface area (Å²) in [6.07, 6.45) is -4.83. The Morgan fingerprint density at radius 2 is 1.39 bits per heavy atom. The zero-order chi connectivity index (χ0) is 17.7. The summed E-state index contributed by atoms with van der Waals surface area (Å²) in [5, 5.41) is 0. The van der Waals surface area contributed by atoms with Crippen LogP contribution in [0.4, 0.5) is 13.2 Å². The third-order valence-electron chi connectivity index (χ3n) is 3.03. The van der Waals surface area contributed by atoms with Crippen LogP contribution in [0.15, 0.2) is 24.3 Å². The first-order valence-electron chi connectivity index (χ1n) is 6.85. The van der Waals surface area contributed by atoms with Gasteiger partial charge in [0.2, 0.25) is 0 Å². The number of esters is 2. The van der Waals surface area contributed by atoms with E-state index in [1.54, 1.807) is 13.8 Å². The van der Waals surface area contributed by atoms with Crippen molar-refractivity contribution < 1.29 is 37.0 Å². The summed E-state index contributed by atoms with van der Waals surface area (Å²) in [6, 6.07) is 4.41. The smallest absolute Gasteiger partial charge is 0.465 e. The number of carbonyl (C=O) groups is 2. The van der Waals surface area contributed by atoms with E-state index in [2.05, 4.69) is 4.74 Å². The third kappa shape index (κ3) is 4.61. The standard InChI is InChI=1S/C15H17F3O5/c1-4-21-12(19)14(3,13(20)22-5-2)10-6-8-11(9-7-10)23-15(16,17)18/h6-9H,4-5H2,1-3H3. The lowest BCUT2D eigenvalue weighted by Gasteiger charge is -2.25. The third-order valence-corrected chi connectivity index (χ3v) is 3.03. The van der Waals surface area contributed by atoms with Crippen LogP contribution < -0.4 is 4.74 Å². The van der Waals surface area contributed by atoms with E-state index in [1.165, 1.54) is 19.1 Å². The molecule has 0 saturated carbocycles. The molecule has 0 N–H and O–H groups in total. The minimum absolute atomic E-state index is 0.0447. The summed E-state index contributed by atoms with van der Waals surface area (Å²) < 4.78 is 50.0. The second kappa shape index (κ2) is 7.34. The van der Waals surface area contributed by atoms with Crippen LogP contribution in [0.2, 0.25) is 0 Å². The van der Waals surface area contributed by atoms with Gasteiger partial charge in [0.15, 0.2) is 5.41 Å². The molecule has 5 nitrogen and oxygen atoms in total. The van der Waals surface area contributed by atoms with E-state index in [1.807, 2.05) is 0 Å². The molecular formula is C15H17F3O5. The Morgan fingerprint density at radius 1 is 0.957 bits per heavy atom. The van der Waals surface area contributed by atoms with Crippen LogP contribution in [0.3, 0.4) is 0 Å². The number of halogens is 3. The molecule has 0 bridgehead atoms. The normalized spacial score (nSPS) is 11.7. The predicted molar refractivity (Wildman–Crippen MR) is 73.7 cm³/mol. The van der Waals surface area contributed by atoms with E-state index in [4.69, 9.17) is 9.47 Å². The topological polar surface area (TPSA) is 61.8 Å². The Hall–Kier alpha value is -2.25. The van der Waals surface area contributed by atoms with E-state index in [0.29, 0.717) is 0 Å². The summed E-state index contributed by atoms with van der Waals surface area (Å²) in [4.78, 5) is 24.3. The molecule has 23 heavy (non-hydrogen) atoms. The average Bonchev–Trinajstić information content (AvgIpc) is 2.46. The van der Waals surface area contributed by atoms with Gasteiger partial charge in [-0.1, -0.05) is 12.1 Å². The van der Waals surface area contributed by atoms with Gasteiger partial charge in [-0.3, -0.25) is 9.59 Å². The van der Waals surface area contributed by atoms with Crippen LogP contribution >= 0.6 is 0 Å². The van der Waals surface area contributed by atoms with Gasteiger partial charge in [-0.2, -0.15) is 0 Å². The highest BCUT2D eigenvalue weighted by atomic mass is 19.4. The monoisotopic (exact) mass is 334 g/mol. The SMILES string of the molecule is CCOC(=O)C(C)(C(=O)OCC)c1ccc(OC(F)(F)F)cc1. The van der Waals surface area contributed by atoms with Gasteiger partial charge in [0, 0.05) is 0 Å². The van der Waals surface area contributed by atoms with Crippen molar-refractivity contribution in [2.24, 2.45) is 0 Å². The van der Waals surface area contributed by atoms with Crippen LogP contribution in [0.5, 0.6) is 5.75 Å². The Morgan fingerprint density at radius 3 is 1.74 bits per heavy atom.